The van der Waals surface area contributed by atoms with E-state index in [9.17, 15) is 10.1 Å². The lowest BCUT2D eigenvalue weighted by Crippen LogP contribution is -1.99. The van der Waals surface area contributed by atoms with Crippen LogP contribution in [0, 0.1) is 10.1 Å². The second kappa shape index (κ2) is 6.67. The third kappa shape index (κ3) is 3.67. The van der Waals surface area contributed by atoms with Gasteiger partial charge in [-0.3, -0.25) is 15.5 Å². The molecule has 2 aromatic rings. The molecule has 1 aromatic carbocycles. The number of rotatable bonds is 5. The molecule has 0 aliphatic heterocycles. The van der Waals surface area contributed by atoms with Gasteiger partial charge < -0.3 is 4.74 Å². The molecule has 0 atom stereocenters. The number of anilines is 1. The lowest BCUT2D eigenvalue weighted by Gasteiger charge is -2.03. The van der Waals surface area contributed by atoms with Gasteiger partial charge in [0.2, 0.25) is 5.82 Å². The first-order chi connectivity index (χ1) is 10.1. The van der Waals surface area contributed by atoms with Gasteiger partial charge in [-0.05, 0) is 29.8 Å². The largest absolute Gasteiger partial charge is 0.495 e. The van der Waals surface area contributed by atoms with Gasteiger partial charge in [0.25, 0.3) is 0 Å². The summed E-state index contributed by atoms with van der Waals surface area (Å²) in [6.07, 6.45) is 2.92. The maximum atomic E-state index is 10.8. The summed E-state index contributed by atoms with van der Waals surface area (Å²) in [4.78, 5) is 14.1. The molecule has 0 saturated heterocycles. The molecule has 0 spiro atoms. The second-order valence-corrected chi connectivity index (χ2v) is 4.30. The normalized spacial score (nSPS) is 10.6. The van der Waals surface area contributed by atoms with E-state index >= 15 is 0 Å². The number of ether oxygens (including phenoxy) is 1. The van der Waals surface area contributed by atoms with E-state index in [1.807, 2.05) is 0 Å². The average Bonchev–Trinajstić information content (AvgIpc) is 2.48. The molecule has 8 heteroatoms. The molecule has 0 amide bonds. The summed E-state index contributed by atoms with van der Waals surface area (Å²) in [6.45, 7) is 0. The van der Waals surface area contributed by atoms with Crippen molar-refractivity contribution in [2.45, 2.75) is 0 Å². The Bertz CT molecular complexity index is 691. The second-order valence-electron chi connectivity index (χ2n) is 3.89. The minimum Gasteiger partial charge on any atom is -0.495 e. The van der Waals surface area contributed by atoms with Crippen LogP contribution in [-0.2, 0) is 0 Å². The van der Waals surface area contributed by atoms with Gasteiger partial charge in [0.1, 0.15) is 5.75 Å². The Balaban J connectivity index is 2.13. The predicted molar refractivity (Wildman–Crippen MR) is 80.1 cm³/mol. The number of hydrogen-bond acceptors (Lipinski definition) is 6. The van der Waals surface area contributed by atoms with Crippen molar-refractivity contribution in [2.24, 2.45) is 5.10 Å². The van der Waals surface area contributed by atoms with E-state index in [1.54, 1.807) is 18.2 Å². The fourth-order valence-corrected chi connectivity index (χ4v) is 1.83. The first kappa shape index (κ1) is 14.7. The van der Waals surface area contributed by atoms with Crippen molar-refractivity contribution >= 4 is 29.3 Å². The summed E-state index contributed by atoms with van der Waals surface area (Å²) in [6, 6.07) is 7.94. The van der Waals surface area contributed by atoms with E-state index in [0.717, 1.165) is 0 Å². The minimum absolute atomic E-state index is 0.0679. The first-order valence-electron chi connectivity index (χ1n) is 5.84. The SMILES string of the molecule is COc1ccc(/C=N\Nc2ncccc2[N+](=O)[O-])cc1Cl. The van der Waals surface area contributed by atoms with Crippen LogP contribution in [0.4, 0.5) is 11.5 Å². The Hall–Kier alpha value is -2.67. The van der Waals surface area contributed by atoms with Crippen molar-refractivity contribution in [1.29, 1.82) is 0 Å². The molecular formula is C13H11ClN4O3. The van der Waals surface area contributed by atoms with Gasteiger partial charge in [-0.15, -0.1) is 0 Å². The highest BCUT2D eigenvalue weighted by Gasteiger charge is 2.12. The number of nitrogens with zero attached hydrogens (tertiary/aromatic N) is 3. The molecule has 0 unspecified atom stereocenters. The van der Waals surface area contributed by atoms with Gasteiger partial charge >= 0.3 is 5.69 Å². The van der Waals surface area contributed by atoms with Gasteiger partial charge in [-0.25, -0.2) is 4.98 Å². The standard InChI is InChI=1S/C13H11ClN4O3/c1-21-12-5-4-9(7-10(12)14)8-16-17-13-11(18(19)20)3-2-6-15-13/h2-8H,1H3,(H,15,17)/b16-8-. The first-order valence-corrected chi connectivity index (χ1v) is 6.21. The third-order valence-corrected chi connectivity index (χ3v) is 2.84. The fraction of sp³-hybridized carbons (Fsp3) is 0.0769. The van der Waals surface area contributed by atoms with Crippen LogP contribution in [0.2, 0.25) is 5.02 Å². The monoisotopic (exact) mass is 306 g/mol. The van der Waals surface area contributed by atoms with Gasteiger partial charge in [-0.1, -0.05) is 11.6 Å². The number of nitrogens with one attached hydrogen (secondary N) is 1. The number of nitro groups is 1. The van der Waals surface area contributed by atoms with Crippen LogP contribution in [0.25, 0.3) is 0 Å². The van der Waals surface area contributed by atoms with Crippen molar-refractivity contribution < 1.29 is 9.66 Å². The summed E-state index contributed by atoms with van der Waals surface area (Å²) in [7, 11) is 1.52. The van der Waals surface area contributed by atoms with E-state index in [2.05, 4.69) is 15.5 Å². The minimum atomic E-state index is -0.533. The highest BCUT2D eigenvalue weighted by Crippen LogP contribution is 2.24. The van der Waals surface area contributed by atoms with Crippen LogP contribution in [0.3, 0.4) is 0 Å². The molecule has 0 saturated carbocycles. The average molecular weight is 307 g/mol. The number of benzene rings is 1. The maximum absolute atomic E-state index is 10.8. The highest BCUT2D eigenvalue weighted by molar-refractivity contribution is 6.32. The molecule has 0 radical (unpaired) electrons. The Morgan fingerprint density at radius 1 is 1.48 bits per heavy atom. The summed E-state index contributed by atoms with van der Waals surface area (Å²) >= 11 is 5.98. The number of aromatic nitrogens is 1. The van der Waals surface area contributed by atoms with Crippen molar-refractivity contribution in [1.82, 2.24) is 4.98 Å². The van der Waals surface area contributed by atoms with Crippen LogP contribution in [0.1, 0.15) is 5.56 Å². The third-order valence-electron chi connectivity index (χ3n) is 2.54. The molecule has 1 heterocycles. The predicted octanol–water partition coefficient (Wildman–Crippen LogP) is 3.10. The van der Waals surface area contributed by atoms with Crippen LogP contribution in [0.5, 0.6) is 5.75 Å². The number of hydrogen-bond donors (Lipinski definition) is 1. The molecule has 0 aliphatic carbocycles. The summed E-state index contributed by atoms with van der Waals surface area (Å²) in [5, 5.41) is 15.2. The lowest BCUT2D eigenvalue weighted by molar-refractivity contribution is -0.384. The van der Waals surface area contributed by atoms with Gasteiger partial charge in [0.05, 0.1) is 23.3 Å². The number of methoxy groups -OCH3 is 1. The zero-order valence-corrected chi connectivity index (χ0v) is 11.7. The van der Waals surface area contributed by atoms with Gasteiger partial charge in [0.15, 0.2) is 0 Å². The Morgan fingerprint density at radius 3 is 2.95 bits per heavy atom. The summed E-state index contributed by atoms with van der Waals surface area (Å²) in [5.74, 6) is 0.625. The van der Waals surface area contributed by atoms with Crippen LogP contribution < -0.4 is 10.2 Å². The Kier molecular flexibility index (Phi) is 4.68. The van der Waals surface area contributed by atoms with E-state index in [1.165, 1.54) is 31.7 Å². The molecule has 2 rings (SSSR count). The van der Waals surface area contributed by atoms with Crippen molar-refractivity contribution in [3.8, 4) is 5.75 Å². The van der Waals surface area contributed by atoms with E-state index < -0.39 is 4.92 Å². The smallest absolute Gasteiger partial charge is 0.313 e. The lowest BCUT2D eigenvalue weighted by atomic mass is 10.2. The number of pyridine rings is 1. The molecule has 0 fully saturated rings. The highest BCUT2D eigenvalue weighted by atomic mass is 35.5. The number of hydrazone groups is 1. The topological polar surface area (TPSA) is 89.7 Å². The number of halogens is 1. The Morgan fingerprint density at radius 2 is 2.29 bits per heavy atom. The molecule has 1 N–H and O–H groups in total. The maximum Gasteiger partial charge on any atom is 0.313 e. The molecular weight excluding hydrogens is 296 g/mol. The molecule has 21 heavy (non-hydrogen) atoms. The van der Waals surface area contributed by atoms with Crippen molar-refractivity contribution in [3.63, 3.8) is 0 Å². The molecule has 1 aromatic heterocycles. The van der Waals surface area contributed by atoms with Gasteiger partial charge in [-0.2, -0.15) is 5.10 Å². The van der Waals surface area contributed by atoms with Crippen molar-refractivity contribution in [3.05, 3.63) is 57.2 Å². The quantitative estimate of drug-likeness (QED) is 0.521. The molecule has 0 aliphatic rings. The molecule has 0 bridgehead atoms. The summed E-state index contributed by atoms with van der Waals surface area (Å²) in [5.41, 5.74) is 3.10. The molecule has 7 nitrogen and oxygen atoms in total. The van der Waals surface area contributed by atoms with Crippen LogP contribution in [-0.4, -0.2) is 23.2 Å². The van der Waals surface area contributed by atoms with E-state index in [-0.39, 0.29) is 11.5 Å². The van der Waals surface area contributed by atoms with E-state index in [0.29, 0.717) is 16.3 Å². The zero-order valence-electron chi connectivity index (χ0n) is 11.0. The summed E-state index contributed by atoms with van der Waals surface area (Å²) < 4.78 is 5.04. The van der Waals surface area contributed by atoms with Gasteiger partial charge in [0, 0.05) is 12.3 Å². The van der Waals surface area contributed by atoms with Crippen LogP contribution in [0.15, 0.2) is 41.6 Å². The van der Waals surface area contributed by atoms with Crippen LogP contribution >= 0.6 is 11.6 Å². The zero-order chi connectivity index (χ0) is 15.2. The Labute approximate surface area is 125 Å². The van der Waals surface area contributed by atoms with Crippen molar-refractivity contribution in [2.75, 3.05) is 12.5 Å². The fourth-order valence-electron chi connectivity index (χ4n) is 1.56. The molecule has 108 valence electrons. The van der Waals surface area contributed by atoms with E-state index in [4.69, 9.17) is 16.3 Å².